The number of hydrogen-bond donors (Lipinski definition) is 0. The Morgan fingerprint density at radius 1 is 0.762 bits per heavy atom. The third-order valence-electron chi connectivity index (χ3n) is 3.49. The van der Waals surface area contributed by atoms with E-state index in [1.54, 1.807) is 0 Å². The number of halogens is 5. The van der Waals surface area contributed by atoms with Crippen LogP contribution in [0.1, 0.15) is 48.9 Å². The minimum atomic E-state index is -2.30. The van der Waals surface area contributed by atoms with E-state index in [4.69, 9.17) is 4.74 Å². The molecule has 1 saturated carbocycles. The van der Waals surface area contributed by atoms with Crippen LogP contribution in [0, 0.1) is 29.1 Å². The summed E-state index contributed by atoms with van der Waals surface area (Å²) in [4.78, 5) is 11.7. The van der Waals surface area contributed by atoms with Crippen LogP contribution in [0.3, 0.4) is 0 Å². The van der Waals surface area contributed by atoms with Crippen LogP contribution in [-0.2, 0) is 4.74 Å². The van der Waals surface area contributed by atoms with Gasteiger partial charge in [0, 0.05) is 0 Å². The zero-order valence-electron chi connectivity index (χ0n) is 11.0. The van der Waals surface area contributed by atoms with Crippen LogP contribution < -0.4 is 0 Å². The van der Waals surface area contributed by atoms with Crippen LogP contribution in [0.15, 0.2) is 0 Å². The molecule has 0 heterocycles. The standard InChI is InChI=1S/C14H13F5O2/c15-9-8(10(16)12(18)13(19)11(9)17)14(20)21-7-5-3-1-2-4-6-7/h7H,1-6H2. The summed E-state index contributed by atoms with van der Waals surface area (Å²) in [6.07, 6.45) is 3.95. The number of hydrogen-bond acceptors (Lipinski definition) is 2. The molecule has 1 aromatic rings. The highest BCUT2D eigenvalue weighted by Gasteiger charge is 2.31. The van der Waals surface area contributed by atoms with Crippen molar-refractivity contribution in [2.45, 2.75) is 44.6 Å². The second-order valence-corrected chi connectivity index (χ2v) is 4.96. The van der Waals surface area contributed by atoms with Gasteiger partial charge in [-0.25, -0.2) is 26.7 Å². The Hall–Kier alpha value is -1.66. The van der Waals surface area contributed by atoms with Gasteiger partial charge in [0.25, 0.3) is 0 Å². The molecule has 1 aromatic carbocycles. The van der Waals surface area contributed by atoms with Gasteiger partial charge >= 0.3 is 5.97 Å². The fourth-order valence-corrected chi connectivity index (χ4v) is 2.35. The molecule has 0 aromatic heterocycles. The van der Waals surface area contributed by atoms with Crippen molar-refractivity contribution in [3.63, 3.8) is 0 Å². The quantitative estimate of drug-likeness (QED) is 0.268. The van der Waals surface area contributed by atoms with Crippen molar-refractivity contribution >= 4 is 5.97 Å². The van der Waals surface area contributed by atoms with E-state index in [2.05, 4.69) is 0 Å². The van der Waals surface area contributed by atoms with Crippen molar-refractivity contribution < 1.29 is 31.5 Å². The SMILES string of the molecule is O=C(OC1CCCCCC1)c1c(F)c(F)c(F)c(F)c1F. The predicted octanol–water partition coefficient (Wildman–Crippen LogP) is 4.26. The normalized spacial score (nSPS) is 16.6. The van der Waals surface area contributed by atoms with Gasteiger partial charge in [0.1, 0.15) is 11.7 Å². The lowest BCUT2D eigenvalue weighted by atomic mass is 10.1. The van der Waals surface area contributed by atoms with Gasteiger partial charge in [0.2, 0.25) is 5.82 Å². The van der Waals surface area contributed by atoms with Gasteiger partial charge in [-0.1, -0.05) is 12.8 Å². The summed E-state index contributed by atoms with van der Waals surface area (Å²) in [5.41, 5.74) is -1.53. The number of ether oxygens (including phenoxy) is 1. The van der Waals surface area contributed by atoms with Gasteiger partial charge in [0.05, 0.1) is 0 Å². The second-order valence-electron chi connectivity index (χ2n) is 4.96. The lowest BCUT2D eigenvalue weighted by Crippen LogP contribution is -2.21. The molecule has 0 N–H and O–H groups in total. The Labute approximate surface area is 117 Å². The van der Waals surface area contributed by atoms with E-state index in [0.29, 0.717) is 12.8 Å². The first-order chi connectivity index (χ1) is 9.93. The van der Waals surface area contributed by atoms with Crippen molar-refractivity contribution in [1.29, 1.82) is 0 Å². The highest BCUT2D eigenvalue weighted by molar-refractivity contribution is 5.90. The number of benzene rings is 1. The maximum absolute atomic E-state index is 13.5. The third kappa shape index (κ3) is 3.16. The van der Waals surface area contributed by atoms with Crippen LogP contribution in [-0.4, -0.2) is 12.1 Å². The maximum atomic E-state index is 13.5. The molecular formula is C14H13F5O2. The second kappa shape index (κ2) is 6.41. The minimum Gasteiger partial charge on any atom is -0.459 e. The zero-order valence-corrected chi connectivity index (χ0v) is 11.0. The van der Waals surface area contributed by atoms with Crippen LogP contribution in [0.4, 0.5) is 22.0 Å². The van der Waals surface area contributed by atoms with Crippen molar-refractivity contribution in [2.24, 2.45) is 0 Å². The molecule has 1 aliphatic rings. The van der Waals surface area contributed by atoms with E-state index in [1.165, 1.54) is 0 Å². The lowest BCUT2D eigenvalue weighted by molar-refractivity contribution is 0.0253. The average molecular weight is 308 g/mol. The highest BCUT2D eigenvalue weighted by atomic mass is 19.2. The molecule has 1 aliphatic carbocycles. The molecule has 0 atom stereocenters. The molecular weight excluding hydrogens is 295 g/mol. The molecule has 0 unspecified atom stereocenters. The summed E-state index contributed by atoms with van der Waals surface area (Å²) in [6, 6.07) is 0. The van der Waals surface area contributed by atoms with E-state index in [0.717, 1.165) is 25.7 Å². The molecule has 21 heavy (non-hydrogen) atoms. The molecule has 0 bridgehead atoms. The zero-order chi connectivity index (χ0) is 15.6. The summed E-state index contributed by atoms with van der Waals surface area (Å²) < 4.78 is 70.8. The van der Waals surface area contributed by atoms with Crippen LogP contribution in [0.25, 0.3) is 0 Å². The molecule has 116 valence electrons. The minimum absolute atomic E-state index is 0.515. The smallest absolute Gasteiger partial charge is 0.344 e. The fourth-order valence-electron chi connectivity index (χ4n) is 2.35. The van der Waals surface area contributed by atoms with Crippen molar-refractivity contribution in [3.8, 4) is 0 Å². The van der Waals surface area contributed by atoms with E-state index in [1.807, 2.05) is 0 Å². The van der Waals surface area contributed by atoms with Crippen molar-refractivity contribution in [3.05, 3.63) is 34.6 Å². The van der Waals surface area contributed by atoms with E-state index >= 15 is 0 Å². The van der Waals surface area contributed by atoms with E-state index in [-0.39, 0.29) is 0 Å². The van der Waals surface area contributed by atoms with Crippen LogP contribution in [0.2, 0.25) is 0 Å². The van der Waals surface area contributed by atoms with Gasteiger partial charge in [-0.2, -0.15) is 0 Å². The fraction of sp³-hybridized carbons (Fsp3) is 0.500. The third-order valence-corrected chi connectivity index (χ3v) is 3.49. The lowest BCUT2D eigenvalue weighted by Gasteiger charge is -2.16. The Morgan fingerprint density at radius 2 is 1.19 bits per heavy atom. The molecule has 2 nitrogen and oxygen atoms in total. The molecule has 1 fully saturated rings. The van der Waals surface area contributed by atoms with E-state index in [9.17, 15) is 26.7 Å². The van der Waals surface area contributed by atoms with Crippen LogP contribution >= 0.6 is 0 Å². The largest absolute Gasteiger partial charge is 0.459 e. The maximum Gasteiger partial charge on any atom is 0.344 e. The molecule has 0 amide bonds. The number of rotatable bonds is 2. The average Bonchev–Trinajstić information content (AvgIpc) is 2.72. The first kappa shape index (κ1) is 15.7. The Morgan fingerprint density at radius 3 is 1.67 bits per heavy atom. The van der Waals surface area contributed by atoms with E-state index < -0.39 is 46.7 Å². The topological polar surface area (TPSA) is 26.3 Å². The molecule has 7 heteroatoms. The molecule has 0 radical (unpaired) electrons. The summed E-state index contributed by atoms with van der Waals surface area (Å²) in [5, 5.41) is 0. The number of esters is 1. The Balaban J connectivity index is 2.27. The molecule has 0 saturated heterocycles. The van der Waals surface area contributed by atoms with Gasteiger partial charge in [-0.15, -0.1) is 0 Å². The van der Waals surface area contributed by atoms with Gasteiger partial charge < -0.3 is 4.74 Å². The van der Waals surface area contributed by atoms with Crippen molar-refractivity contribution in [2.75, 3.05) is 0 Å². The Bertz CT molecular complexity index is 522. The molecule has 2 rings (SSSR count). The first-order valence-electron chi connectivity index (χ1n) is 6.66. The van der Waals surface area contributed by atoms with Gasteiger partial charge in [0.15, 0.2) is 23.3 Å². The van der Waals surface area contributed by atoms with Crippen molar-refractivity contribution in [1.82, 2.24) is 0 Å². The number of carbonyl (C=O) groups excluding carboxylic acids is 1. The summed E-state index contributed by atoms with van der Waals surface area (Å²) in [5.74, 6) is -12.4. The van der Waals surface area contributed by atoms with Crippen LogP contribution in [0.5, 0.6) is 0 Å². The summed E-state index contributed by atoms with van der Waals surface area (Å²) in [7, 11) is 0. The summed E-state index contributed by atoms with van der Waals surface area (Å²) >= 11 is 0. The number of carbonyl (C=O) groups is 1. The molecule has 0 spiro atoms. The Kier molecular flexibility index (Phi) is 4.80. The predicted molar refractivity (Wildman–Crippen MR) is 63.1 cm³/mol. The highest BCUT2D eigenvalue weighted by Crippen LogP contribution is 2.26. The van der Waals surface area contributed by atoms with Gasteiger partial charge in [-0.3, -0.25) is 0 Å². The van der Waals surface area contributed by atoms with Gasteiger partial charge in [-0.05, 0) is 25.7 Å². The summed E-state index contributed by atoms with van der Waals surface area (Å²) in [6.45, 7) is 0. The monoisotopic (exact) mass is 308 g/mol. The first-order valence-corrected chi connectivity index (χ1v) is 6.66. The molecule has 0 aliphatic heterocycles.